The Labute approximate surface area is 210 Å². The van der Waals surface area contributed by atoms with Gasteiger partial charge in [0.1, 0.15) is 0 Å². The smallest absolute Gasteiger partial charge is 0.166 e. The summed E-state index contributed by atoms with van der Waals surface area (Å²) < 4.78 is 167. The van der Waals surface area contributed by atoms with Crippen molar-refractivity contribution in [3.05, 3.63) is 87.5 Å². The van der Waals surface area contributed by atoms with E-state index in [0.29, 0.717) is 35.4 Å². The molecule has 0 saturated heterocycles. The van der Waals surface area contributed by atoms with Crippen LogP contribution in [0.25, 0.3) is 0 Å². The van der Waals surface area contributed by atoms with Gasteiger partial charge in [0.05, 0.1) is 22.3 Å². The highest BCUT2D eigenvalue weighted by Crippen LogP contribution is 2.49. The maximum Gasteiger partial charge on any atom is 0.417 e. The molecule has 0 spiro atoms. The van der Waals surface area contributed by atoms with E-state index in [4.69, 9.17) is 0 Å². The van der Waals surface area contributed by atoms with Gasteiger partial charge in [0.15, 0.2) is 0 Å². The Morgan fingerprint density at radius 2 is 0.842 bits per heavy atom. The standard InChI is InChI=1S/C25H17F12P/c1-12-10-11-17(14(3)13(12)2)38(18-8-4-6-15(22(26,27)28)20(18)24(32,33)34)19-9-5-7-16(23(29,30)31)21(19)25(35,36)37/h4-11H,1-3H3. The van der Waals surface area contributed by atoms with Gasteiger partial charge in [-0.25, -0.2) is 0 Å². The number of hydrogen-bond acceptors (Lipinski definition) is 0. The topological polar surface area (TPSA) is 0 Å². The van der Waals surface area contributed by atoms with Gasteiger partial charge in [0, 0.05) is 0 Å². The van der Waals surface area contributed by atoms with Crippen LogP contribution < -0.4 is 15.9 Å². The lowest BCUT2D eigenvalue weighted by atomic mass is 10.0. The Balaban J connectivity index is 2.63. The molecule has 0 fully saturated rings. The van der Waals surface area contributed by atoms with Gasteiger partial charge in [0.2, 0.25) is 0 Å². The molecule has 0 heterocycles. The van der Waals surface area contributed by atoms with Gasteiger partial charge in [0.25, 0.3) is 0 Å². The largest absolute Gasteiger partial charge is 0.417 e. The van der Waals surface area contributed by atoms with Crippen molar-refractivity contribution in [3.63, 3.8) is 0 Å². The first-order valence-corrected chi connectivity index (χ1v) is 11.9. The van der Waals surface area contributed by atoms with Gasteiger partial charge >= 0.3 is 24.7 Å². The minimum Gasteiger partial charge on any atom is -0.166 e. The molecule has 3 aromatic rings. The molecular formula is C25H17F12P. The van der Waals surface area contributed by atoms with Crippen molar-refractivity contribution >= 4 is 23.8 Å². The van der Waals surface area contributed by atoms with E-state index in [1.807, 2.05) is 0 Å². The van der Waals surface area contributed by atoms with Crippen LogP contribution in [0.1, 0.15) is 38.9 Å². The van der Waals surface area contributed by atoms with Gasteiger partial charge in [-0.05, 0) is 73.4 Å². The summed E-state index contributed by atoms with van der Waals surface area (Å²) >= 11 is 0. The van der Waals surface area contributed by atoms with Crippen molar-refractivity contribution in [3.8, 4) is 0 Å². The van der Waals surface area contributed by atoms with E-state index >= 15 is 0 Å². The molecule has 0 aromatic heterocycles. The molecule has 0 aliphatic rings. The Bertz CT molecular complexity index is 1270. The summed E-state index contributed by atoms with van der Waals surface area (Å²) in [6.45, 7) is 4.43. The third kappa shape index (κ3) is 5.65. The van der Waals surface area contributed by atoms with Crippen LogP contribution in [0, 0.1) is 20.8 Å². The number of alkyl halides is 12. The first-order chi connectivity index (χ1) is 17.2. The average Bonchev–Trinajstić information content (AvgIpc) is 2.76. The summed E-state index contributed by atoms with van der Waals surface area (Å²) in [6, 6.07) is 5.10. The van der Waals surface area contributed by atoms with Crippen molar-refractivity contribution in [1.82, 2.24) is 0 Å². The highest BCUT2D eigenvalue weighted by molar-refractivity contribution is 7.80. The van der Waals surface area contributed by atoms with E-state index in [9.17, 15) is 52.7 Å². The molecule has 0 saturated carbocycles. The molecule has 0 N–H and O–H groups in total. The lowest BCUT2D eigenvalue weighted by Crippen LogP contribution is -2.35. The van der Waals surface area contributed by atoms with Crippen molar-refractivity contribution < 1.29 is 52.7 Å². The predicted octanol–water partition coefficient (Wildman–Crippen LogP) is 8.45. The van der Waals surface area contributed by atoms with Gasteiger partial charge in [-0.2, -0.15) is 52.7 Å². The second-order valence-corrected chi connectivity index (χ2v) is 10.5. The molecule has 0 aliphatic carbocycles. The van der Waals surface area contributed by atoms with E-state index < -0.39 is 65.5 Å². The Kier molecular flexibility index (Phi) is 7.66. The third-order valence-electron chi connectivity index (χ3n) is 6.01. The quantitative estimate of drug-likeness (QED) is 0.217. The first kappa shape index (κ1) is 29.8. The van der Waals surface area contributed by atoms with E-state index in [2.05, 4.69) is 0 Å². The van der Waals surface area contributed by atoms with Crippen molar-refractivity contribution in [2.75, 3.05) is 0 Å². The number of rotatable bonds is 3. The summed E-state index contributed by atoms with van der Waals surface area (Å²) in [5.41, 5.74) is -7.68. The Hall–Kier alpha value is -2.75. The summed E-state index contributed by atoms with van der Waals surface area (Å²) in [5.74, 6) is 0. The summed E-state index contributed by atoms with van der Waals surface area (Å²) in [7, 11) is -3.23. The number of hydrogen-bond donors (Lipinski definition) is 0. The highest BCUT2D eigenvalue weighted by Gasteiger charge is 2.49. The summed E-state index contributed by atoms with van der Waals surface area (Å²) in [5, 5.41) is -2.63. The lowest BCUT2D eigenvalue weighted by molar-refractivity contribution is -0.161. The zero-order chi connectivity index (χ0) is 29.0. The molecule has 0 nitrogen and oxygen atoms in total. The minimum absolute atomic E-state index is 0.129. The van der Waals surface area contributed by atoms with Gasteiger partial charge in [-0.3, -0.25) is 0 Å². The SMILES string of the molecule is Cc1ccc(P(c2cccc(C(F)(F)F)c2C(F)(F)F)c2cccc(C(F)(F)F)c2C(F)(F)F)c(C)c1C. The molecule has 0 bridgehead atoms. The van der Waals surface area contributed by atoms with Crippen LogP contribution in [0.15, 0.2) is 48.5 Å². The molecule has 3 rings (SSSR count). The maximum atomic E-state index is 14.2. The molecule has 0 amide bonds. The fraction of sp³-hybridized carbons (Fsp3) is 0.280. The van der Waals surface area contributed by atoms with Crippen LogP contribution in [0.2, 0.25) is 0 Å². The van der Waals surface area contributed by atoms with Crippen molar-refractivity contribution in [2.45, 2.75) is 45.5 Å². The van der Waals surface area contributed by atoms with Gasteiger partial charge in [-0.15, -0.1) is 0 Å². The monoisotopic (exact) mass is 576 g/mol. The summed E-state index contributed by atoms with van der Waals surface area (Å²) in [4.78, 5) is 0. The highest BCUT2D eigenvalue weighted by atomic mass is 31.1. The first-order valence-electron chi connectivity index (χ1n) is 10.6. The molecule has 0 atom stereocenters. The van der Waals surface area contributed by atoms with E-state index in [1.165, 1.54) is 19.9 Å². The fourth-order valence-corrected chi connectivity index (χ4v) is 7.01. The molecule has 0 unspecified atom stereocenters. The average molecular weight is 576 g/mol. The van der Waals surface area contributed by atoms with Crippen LogP contribution in [0.3, 0.4) is 0 Å². The van der Waals surface area contributed by atoms with E-state index in [1.54, 1.807) is 6.92 Å². The Morgan fingerprint density at radius 1 is 0.447 bits per heavy atom. The van der Waals surface area contributed by atoms with Crippen LogP contribution in [0.5, 0.6) is 0 Å². The molecule has 38 heavy (non-hydrogen) atoms. The van der Waals surface area contributed by atoms with Crippen LogP contribution in [0.4, 0.5) is 52.7 Å². The number of halogens is 12. The van der Waals surface area contributed by atoms with E-state index in [0.717, 1.165) is 6.07 Å². The third-order valence-corrected chi connectivity index (χ3v) is 8.69. The van der Waals surface area contributed by atoms with Crippen LogP contribution in [-0.2, 0) is 24.7 Å². The molecule has 13 heteroatoms. The minimum atomic E-state index is -5.70. The van der Waals surface area contributed by atoms with E-state index in [-0.39, 0.29) is 23.0 Å². The zero-order valence-corrected chi connectivity index (χ0v) is 20.5. The lowest BCUT2D eigenvalue weighted by Gasteiger charge is -2.30. The summed E-state index contributed by atoms with van der Waals surface area (Å²) in [6.07, 6.45) is -22.5. The molecular weight excluding hydrogens is 559 g/mol. The van der Waals surface area contributed by atoms with Crippen molar-refractivity contribution in [1.29, 1.82) is 0 Å². The van der Waals surface area contributed by atoms with Crippen LogP contribution in [-0.4, -0.2) is 0 Å². The van der Waals surface area contributed by atoms with Gasteiger partial charge < -0.3 is 0 Å². The second kappa shape index (κ2) is 9.77. The van der Waals surface area contributed by atoms with Gasteiger partial charge in [-0.1, -0.05) is 36.4 Å². The number of aryl methyl sites for hydroxylation is 1. The predicted molar refractivity (Wildman–Crippen MR) is 119 cm³/mol. The normalized spacial score (nSPS) is 13.4. The second-order valence-electron chi connectivity index (χ2n) is 8.38. The molecule has 3 aromatic carbocycles. The Morgan fingerprint density at radius 3 is 1.18 bits per heavy atom. The molecule has 0 radical (unpaired) electrons. The molecule has 206 valence electrons. The van der Waals surface area contributed by atoms with Crippen LogP contribution >= 0.6 is 7.92 Å². The van der Waals surface area contributed by atoms with Crippen molar-refractivity contribution in [2.24, 2.45) is 0 Å². The molecule has 0 aliphatic heterocycles. The fourth-order valence-electron chi connectivity index (χ4n) is 4.09. The maximum absolute atomic E-state index is 14.2. The number of benzene rings is 3. The zero-order valence-electron chi connectivity index (χ0n) is 19.6.